The van der Waals surface area contributed by atoms with E-state index in [1.807, 2.05) is 14.0 Å². The minimum atomic E-state index is -0.347. The second-order valence-corrected chi connectivity index (χ2v) is 5.83. The zero-order chi connectivity index (χ0) is 14.1. The van der Waals surface area contributed by atoms with Gasteiger partial charge in [0.05, 0.1) is 6.07 Å². The fraction of sp³-hybridized carbons (Fsp3) is 0.933. The average molecular weight is 266 g/mol. The van der Waals surface area contributed by atoms with Gasteiger partial charge in [-0.2, -0.15) is 5.26 Å². The standard InChI is InChI=1S/C15H30N4/c1-4-8-18-10-12-19(13-11-18)9-6-5-7-15(2,14-16)17-3/h17H,4-13H2,1-3H3. The van der Waals surface area contributed by atoms with Crippen molar-refractivity contribution in [1.29, 1.82) is 5.26 Å². The van der Waals surface area contributed by atoms with Crippen LogP contribution in [0.4, 0.5) is 0 Å². The van der Waals surface area contributed by atoms with Gasteiger partial charge in [-0.3, -0.25) is 0 Å². The summed E-state index contributed by atoms with van der Waals surface area (Å²) in [6.45, 7) is 11.5. The van der Waals surface area contributed by atoms with Crippen molar-refractivity contribution in [3.63, 3.8) is 0 Å². The predicted molar refractivity (Wildman–Crippen MR) is 80.1 cm³/mol. The van der Waals surface area contributed by atoms with E-state index >= 15 is 0 Å². The highest BCUT2D eigenvalue weighted by molar-refractivity contribution is 5.02. The number of rotatable bonds is 8. The van der Waals surface area contributed by atoms with Gasteiger partial charge < -0.3 is 15.1 Å². The molecule has 0 saturated carbocycles. The number of nitrogens with one attached hydrogen (secondary N) is 1. The van der Waals surface area contributed by atoms with Crippen LogP contribution >= 0.6 is 0 Å². The van der Waals surface area contributed by atoms with E-state index in [-0.39, 0.29) is 5.54 Å². The lowest BCUT2D eigenvalue weighted by Crippen LogP contribution is -2.46. The molecule has 0 aliphatic carbocycles. The fourth-order valence-corrected chi connectivity index (χ4v) is 2.60. The lowest BCUT2D eigenvalue weighted by atomic mass is 9.97. The van der Waals surface area contributed by atoms with Crippen LogP contribution in [0, 0.1) is 11.3 Å². The first-order valence-electron chi connectivity index (χ1n) is 7.68. The van der Waals surface area contributed by atoms with Crippen molar-refractivity contribution in [1.82, 2.24) is 15.1 Å². The molecule has 0 aromatic rings. The number of hydrogen-bond acceptors (Lipinski definition) is 4. The molecule has 1 N–H and O–H groups in total. The quantitative estimate of drug-likeness (QED) is 0.679. The molecule has 0 bridgehead atoms. The summed E-state index contributed by atoms with van der Waals surface area (Å²) < 4.78 is 0. The average Bonchev–Trinajstić information content (AvgIpc) is 2.45. The van der Waals surface area contributed by atoms with Gasteiger partial charge in [-0.25, -0.2) is 0 Å². The first-order chi connectivity index (χ1) is 9.13. The zero-order valence-corrected chi connectivity index (χ0v) is 12.9. The molecule has 19 heavy (non-hydrogen) atoms. The Morgan fingerprint density at radius 3 is 2.16 bits per heavy atom. The van der Waals surface area contributed by atoms with Crippen LogP contribution in [0.5, 0.6) is 0 Å². The molecular formula is C15H30N4. The number of piperazine rings is 1. The summed E-state index contributed by atoms with van der Waals surface area (Å²) in [6.07, 6.45) is 4.53. The molecule has 0 amide bonds. The SMILES string of the molecule is CCCN1CCN(CCCCC(C)(C#N)NC)CC1. The van der Waals surface area contributed by atoms with Gasteiger partial charge in [0.1, 0.15) is 5.54 Å². The van der Waals surface area contributed by atoms with Crippen LogP contribution < -0.4 is 5.32 Å². The van der Waals surface area contributed by atoms with Crippen LogP contribution in [-0.4, -0.2) is 61.7 Å². The fourth-order valence-electron chi connectivity index (χ4n) is 2.60. The molecule has 0 spiro atoms. The summed E-state index contributed by atoms with van der Waals surface area (Å²) in [4.78, 5) is 5.12. The minimum Gasteiger partial charge on any atom is -0.303 e. The summed E-state index contributed by atoms with van der Waals surface area (Å²) in [5.41, 5.74) is -0.347. The molecule has 1 unspecified atom stereocenters. The lowest BCUT2D eigenvalue weighted by molar-refractivity contribution is 0.130. The van der Waals surface area contributed by atoms with Gasteiger partial charge in [0.25, 0.3) is 0 Å². The Morgan fingerprint density at radius 2 is 1.68 bits per heavy atom. The Hall–Kier alpha value is -0.630. The van der Waals surface area contributed by atoms with E-state index < -0.39 is 0 Å². The molecule has 0 aromatic carbocycles. The van der Waals surface area contributed by atoms with Gasteiger partial charge in [-0.15, -0.1) is 0 Å². The summed E-state index contributed by atoms with van der Waals surface area (Å²) >= 11 is 0. The number of hydrogen-bond donors (Lipinski definition) is 1. The van der Waals surface area contributed by atoms with Crippen LogP contribution in [0.2, 0.25) is 0 Å². The smallest absolute Gasteiger partial charge is 0.103 e. The van der Waals surface area contributed by atoms with Gasteiger partial charge in [-0.1, -0.05) is 6.92 Å². The highest BCUT2D eigenvalue weighted by Gasteiger charge is 2.20. The van der Waals surface area contributed by atoms with Crippen LogP contribution in [0.3, 0.4) is 0 Å². The molecule has 110 valence electrons. The van der Waals surface area contributed by atoms with Gasteiger partial charge in [0.2, 0.25) is 0 Å². The molecule has 4 nitrogen and oxygen atoms in total. The molecule has 1 fully saturated rings. The maximum Gasteiger partial charge on any atom is 0.103 e. The summed E-state index contributed by atoms with van der Waals surface area (Å²) in [5, 5.41) is 12.2. The summed E-state index contributed by atoms with van der Waals surface area (Å²) in [5.74, 6) is 0. The first-order valence-corrected chi connectivity index (χ1v) is 7.68. The van der Waals surface area contributed by atoms with Gasteiger partial charge in [0, 0.05) is 26.2 Å². The number of nitrogens with zero attached hydrogens (tertiary/aromatic N) is 3. The van der Waals surface area contributed by atoms with Crippen LogP contribution in [0.1, 0.15) is 39.5 Å². The Morgan fingerprint density at radius 1 is 1.11 bits per heavy atom. The van der Waals surface area contributed by atoms with Crippen molar-refractivity contribution >= 4 is 0 Å². The van der Waals surface area contributed by atoms with Gasteiger partial charge in [0.15, 0.2) is 0 Å². The van der Waals surface area contributed by atoms with Gasteiger partial charge >= 0.3 is 0 Å². The normalized spacial score (nSPS) is 20.9. The van der Waals surface area contributed by atoms with E-state index in [0.29, 0.717) is 0 Å². The van der Waals surface area contributed by atoms with Crippen molar-refractivity contribution < 1.29 is 0 Å². The largest absolute Gasteiger partial charge is 0.303 e. The van der Waals surface area contributed by atoms with E-state index in [9.17, 15) is 0 Å². The second kappa shape index (κ2) is 8.52. The van der Waals surface area contributed by atoms with Crippen LogP contribution in [0.15, 0.2) is 0 Å². The third-order valence-electron chi connectivity index (χ3n) is 4.20. The number of nitriles is 1. The molecule has 1 saturated heterocycles. The molecule has 0 aromatic heterocycles. The third kappa shape index (κ3) is 5.90. The highest BCUT2D eigenvalue weighted by Crippen LogP contribution is 2.13. The molecule has 1 rings (SSSR count). The van der Waals surface area contributed by atoms with Crippen LogP contribution in [0.25, 0.3) is 0 Å². The lowest BCUT2D eigenvalue weighted by Gasteiger charge is -2.34. The second-order valence-electron chi connectivity index (χ2n) is 5.83. The van der Waals surface area contributed by atoms with Crippen molar-refractivity contribution in [2.75, 3.05) is 46.3 Å². The van der Waals surface area contributed by atoms with Crippen molar-refractivity contribution in [2.45, 2.75) is 45.1 Å². The molecule has 1 aliphatic heterocycles. The molecule has 0 radical (unpaired) electrons. The van der Waals surface area contributed by atoms with E-state index in [1.165, 1.54) is 52.1 Å². The van der Waals surface area contributed by atoms with E-state index in [0.717, 1.165) is 12.8 Å². The Kier molecular flexibility index (Phi) is 7.37. The maximum atomic E-state index is 9.08. The summed E-state index contributed by atoms with van der Waals surface area (Å²) in [7, 11) is 1.87. The Bertz CT molecular complexity index is 278. The highest BCUT2D eigenvalue weighted by atomic mass is 15.3. The number of unbranched alkanes of at least 4 members (excludes halogenated alkanes) is 1. The summed E-state index contributed by atoms with van der Waals surface area (Å²) in [6, 6.07) is 2.36. The Labute approximate surface area is 118 Å². The molecule has 1 atom stereocenters. The molecule has 1 heterocycles. The minimum absolute atomic E-state index is 0.347. The molecule has 4 heteroatoms. The third-order valence-corrected chi connectivity index (χ3v) is 4.20. The zero-order valence-electron chi connectivity index (χ0n) is 12.9. The Balaban J connectivity index is 2.10. The maximum absolute atomic E-state index is 9.08. The van der Waals surface area contributed by atoms with Crippen molar-refractivity contribution in [3.8, 4) is 6.07 Å². The van der Waals surface area contributed by atoms with Crippen molar-refractivity contribution in [3.05, 3.63) is 0 Å². The van der Waals surface area contributed by atoms with E-state index in [2.05, 4.69) is 28.1 Å². The monoisotopic (exact) mass is 266 g/mol. The first kappa shape index (κ1) is 16.4. The predicted octanol–water partition coefficient (Wildman–Crippen LogP) is 1.69. The molecular weight excluding hydrogens is 236 g/mol. The topological polar surface area (TPSA) is 42.3 Å². The van der Waals surface area contributed by atoms with Crippen molar-refractivity contribution in [2.24, 2.45) is 0 Å². The van der Waals surface area contributed by atoms with Crippen LogP contribution in [-0.2, 0) is 0 Å². The van der Waals surface area contributed by atoms with E-state index in [1.54, 1.807) is 0 Å². The molecule has 1 aliphatic rings. The van der Waals surface area contributed by atoms with Gasteiger partial charge in [-0.05, 0) is 52.7 Å². The van der Waals surface area contributed by atoms with E-state index in [4.69, 9.17) is 5.26 Å².